The lowest BCUT2D eigenvalue weighted by molar-refractivity contribution is 0.296. The molecule has 0 aliphatic rings. The van der Waals surface area contributed by atoms with Crippen molar-refractivity contribution in [2.45, 2.75) is 37.8 Å². The van der Waals surface area contributed by atoms with Gasteiger partial charge in [0.05, 0.1) is 0 Å². The molecule has 0 saturated carbocycles. The van der Waals surface area contributed by atoms with Crippen LogP contribution in [-0.2, 0) is 6.54 Å². The number of aliphatic hydroxyl groups is 1. The van der Waals surface area contributed by atoms with Crippen LogP contribution in [0.3, 0.4) is 0 Å². The summed E-state index contributed by atoms with van der Waals surface area (Å²) in [6, 6.07) is 6.43. The molecule has 1 aromatic rings. The van der Waals surface area contributed by atoms with Gasteiger partial charge in [0, 0.05) is 34.9 Å². The number of hydrogen-bond acceptors (Lipinski definition) is 3. The van der Waals surface area contributed by atoms with Gasteiger partial charge >= 0.3 is 0 Å². The van der Waals surface area contributed by atoms with E-state index in [2.05, 4.69) is 25.2 Å². The lowest BCUT2D eigenvalue weighted by Gasteiger charge is -2.13. The summed E-state index contributed by atoms with van der Waals surface area (Å²) in [5.74, 6) is 0.922. The Balaban J connectivity index is 2.69. The first-order chi connectivity index (χ1) is 8.15. The van der Waals surface area contributed by atoms with Crippen molar-refractivity contribution in [2.75, 3.05) is 12.4 Å². The number of halogens is 1. The minimum atomic E-state index is 0.243. The molecular weight excluding hydrogens is 254 g/mol. The van der Waals surface area contributed by atoms with E-state index < -0.39 is 0 Å². The molecule has 0 amide bonds. The lowest BCUT2D eigenvalue weighted by atomic mass is 10.2. The fraction of sp³-hybridized carbons (Fsp3) is 0.538. The molecule has 17 heavy (non-hydrogen) atoms. The molecule has 0 unspecified atom stereocenters. The summed E-state index contributed by atoms with van der Waals surface area (Å²) in [5.41, 5.74) is 1.16. The summed E-state index contributed by atoms with van der Waals surface area (Å²) in [4.78, 5) is 1.21. The van der Waals surface area contributed by atoms with Crippen molar-refractivity contribution in [1.82, 2.24) is 5.32 Å². The van der Waals surface area contributed by atoms with Crippen molar-refractivity contribution >= 4 is 23.4 Å². The van der Waals surface area contributed by atoms with Crippen molar-refractivity contribution in [1.29, 1.82) is 0 Å². The smallest absolute Gasteiger partial charge is 0.0462 e. The standard InChI is InChI=1S/C13H20ClNOS/c1-10(2)15-9-11-12(14)5-3-6-13(11)17-8-4-7-16/h3,5-6,10,15-16H,4,7-9H2,1-2H3. The van der Waals surface area contributed by atoms with Crippen LogP contribution in [0.2, 0.25) is 5.02 Å². The van der Waals surface area contributed by atoms with Crippen LogP contribution in [0.5, 0.6) is 0 Å². The second-order valence-electron chi connectivity index (χ2n) is 4.18. The first kappa shape index (κ1) is 14.8. The number of aliphatic hydroxyl groups excluding tert-OH is 1. The van der Waals surface area contributed by atoms with Crippen LogP contribution in [-0.4, -0.2) is 23.5 Å². The first-order valence-corrected chi connectivity index (χ1v) is 7.26. The molecule has 0 aromatic heterocycles. The average Bonchev–Trinajstić information content (AvgIpc) is 2.28. The first-order valence-electron chi connectivity index (χ1n) is 5.89. The minimum absolute atomic E-state index is 0.243. The molecule has 0 fully saturated rings. The van der Waals surface area contributed by atoms with Gasteiger partial charge in [-0.25, -0.2) is 0 Å². The highest BCUT2D eigenvalue weighted by molar-refractivity contribution is 7.99. The van der Waals surface area contributed by atoms with Crippen LogP contribution >= 0.6 is 23.4 Å². The fourth-order valence-electron chi connectivity index (χ4n) is 1.40. The molecule has 0 saturated heterocycles. The van der Waals surface area contributed by atoms with Crippen LogP contribution in [0, 0.1) is 0 Å². The van der Waals surface area contributed by atoms with Gasteiger partial charge in [-0.05, 0) is 24.1 Å². The molecular formula is C13H20ClNOS. The molecule has 4 heteroatoms. The molecule has 0 radical (unpaired) electrons. The third-order valence-corrected chi connectivity index (χ3v) is 3.86. The molecule has 0 spiro atoms. The van der Waals surface area contributed by atoms with Gasteiger partial charge in [-0.3, -0.25) is 0 Å². The van der Waals surface area contributed by atoms with Crippen LogP contribution in [0.25, 0.3) is 0 Å². The zero-order valence-corrected chi connectivity index (χ0v) is 11.9. The van der Waals surface area contributed by atoms with E-state index in [-0.39, 0.29) is 6.61 Å². The molecule has 0 aliphatic carbocycles. The Kier molecular flexibility index (Phi) is 6.97. The minimum Gasteiger partial charge on any atom is -0.396 e. The van der Waals surface area contributed by atoms with E-state index in [4.69, 9.17) is 16.7 Å². The largest absolute Gasteiger partial charge is 0.396 e. The van der Waals surface area contributed by atoms with Gasteiger partial charge in [0.25, 0.3) is 0 Å². The van der Waals surface area contributed by atoms with Crippen molar-refractivity contribution < 1.29 is 5.11 Å². The number of hydrogen-bond donors (Lipinski definition) is 2. The summed E-state index contributed by atoms with van der Waals surface area (Å²) >= 11 is 7.98. The van der Waals surface area contributed by atoms with Crippen molar-refractivity contribution in [3.8, 4) is 0 Å². The normalized spacial score (nSPS) is 11.1. The number of nitrogens with one attached hydrogen (secondary N) is 1. The summed E-state index contributed by atoms with van der Waals surface area (Å²) in [6.07, 6.45) is 0.814. The van der Waals surface area contributed by atoms with E-state index in [1.165, 1.54) is 4.90 Å². The molecule has 0 bridgehead atoms. The fourth-order valence-corrected chi connectivity index (χ4v) is 2.72. The van der Waals surface area contributed by atoms with Gasteiger partial charge in [-0.1, -0.05) is 31.5 Å². The number of benzene rings is 1. The van der Waals surface area contributed by atoms with E-state index in [1.54, 1.807) is 11.8 Å². The molecule has 1 rings (SSSR count). The third-order valence-electron chi connectivity index (χ3n) is 2.32. The Hall–Kier alpha value is -0.220. The molecule has 2 nitrogen and oxygen atoms in total. The maximum absolute atomic E-state index is 8.79. The predicted molar refractivity (Wildman–Crippen MR) is 75.9 cm³/mol. The second kappa shape index (κ2) is 7.98. The van der Waals surface area contributed by atoms with E-state index in [0.717, 1.165) is 29.3 Å². The van der Waals surface area contributed by atoms with Crippen LogP contribution in [0.15, 0.2) is 23.1 Å². The molecule has 96 valence electrons. The van der Waals surface area contributed by atoms with Crippen LogP contribution < -0.4 is 5.32 Å². The maximum Gasteiger partial charge on any atom is 0.0462 e. The highest BCUT2D eigenvalue weighted by Gasteiger charge is 2.07. The van der Waals surface area contributed by atoms with Gasteiger partial charge in [0.2, 0.25) is 0 Å². The van der Waals surface area contributed by atoms with Gasteiger partial charge in [0.1, 0.15) is 0 Å². The Bertz CT molecular complexity index is 344. The molecule has 0 aliphatic heterocycles. The highest BCUT2D eigenvalue weighted by Crippen LogP contribution is 2.28. The zero-order chi connectivity index (χ0) is 12.7. The topological polar surface area (TPSA) is 32.3 Å². The van der Waals surface area contributed by atoms with Crippen molar-refractivity contribution in [3.63, 3.8) is 0 Å². The molecule has 0 heterocycles. The van der Waals surface area contributed by atoms with Gasteiger partial charge in [0.15, 0.2) is 0 Å². The Labute approximate surface area is 113 Å². The van der Waals surface area contributed by atoms with E-state index in [1.807, 2.05) is 12.1 Å². The van der Waals surface area contributed by atoms with Crippen molar-refractivity contribution in [3.05, 3.63) is 28.8 Å². The zero-order valence-electron chi connectivity index (χ0n) is 10.4. The predicted octanol–water partition coefficient (Wildman–Crippen LogP) is 3.31. The van der Waals surface area contributed by atoms with Gasteiger partial charge in [-0.15, -0.1) is 11.8 Å². The Morgan fingerprint density at radius 3 is 2.82 bits per heavy atom. The summed E-state index contributed by atoms with van der Waals surface area (Å²) in [5, 5.41) is 13.0. The average molecular weight is 274 g/mol. The molecule has 2 N–H and O–H groups in total. The Morgan fingerprint density at radius 1 is 1.41 bits per heavy atom. The number of rotatable bonds is 7. The Morgan fingerprint density at radius 2 is 2.18 bits per heavy atom. The van der Waals surface area contributed by atoms with E-state index in [9.17, 15) is 0 Å². The SMILES string of the molecule is CC(C)NCc1c(Cl)cccc1SCCCO. The van der Waals surface area contributed by atoms with Gasteiger partial charge in [-0.2, -0.15) is 0 Å². The van der Waals surface area contributed by atoms with E-state index >= 15 is 0 Å². The third kappa shape index (κ3) is 5.30. The highest BCUT2D eigenvalue weighted by atomic mass is 35.5. The van der Waals surface area contributed by atoms with E-state index in [0.29, 0.717) is 6.04 Å². The monoisotopic (exact) mass is 273 g/mol. The molecule has 1 aromatic carbocycles. The van der Waals surface area contributed by atoms with Crippen LogP contribution in [0.1, 0.15) is 25.8 Å². The summed E-state index contributed by atoms with van der Waals surface area (Å²) in [6.45, 7) is 5.27. The van der Waals surface area contributed by atoms with Gasteiger partial charge < -0.3 is 10.4 Å². The lowest BCUT2D eigenvalue weighted by Crippen LogP contribution is -2.22. The quantitative estimate of drug-likeness (QED) is 0.591. The maximum atomic E-state index is 8.79. The van der Waals surface area contributed by atoms with Crippen LogP contribution in [0.4, 0.5) is 0 Å². The van der Waals surface area contributed by atoms with Crippen molar-refractivity contribution in [2.24, 2.45) is 0 Å². The second-order valence-corrected chi connectivity index (χ2v) is 5.72. The molecule has 0 atom stereocenters. The summed E-state index contributed by atoms with van der Waals surface area (Å²) < 4.78 is 0. The number of thioether (sulfide) groups is 1. The summed E-state index contributed by atoms with van der Waals surface area (Å²) in [7, 11) is 0.